The molecule has 2 amide bonds. The summed E-state index contributed by atoms with van der Waals surface area (Å²) in [6.07, 6.45) is 0.979. The van der Waals surface area contributed by atoms with Crippen LogP contribution in [-0.4, -0.2) is 63.6 Å². The summed E-state index contributed by atoms with van der Waals surface area (Å²) in [7, 11) is 1.73. The number of carbonyl (C=O) groups is 2. The van der Waals surface area contributed by atoms with E-state index < -0.39 is 17.8 Å². The number of benzene rings is 1. The predicted molar refractivity (Wildman–Crippen MR) is 106 cm³/mol. The molecule has 1 unspecified atom stereocenters. The first-order chi connectivity index (χ1) is 12.1. The van der Waals surface area contributed by atoms with Crippen molar-refractivity contribution >= 4 is 23.6 Å². The van der Waals surface area contributed by atoms with Crippen molar-refractivity contribution < 1.29 is 14.7 Å². The molecule has 144 valence electrons. The maximum absolute atomic E-state index is 13.5. The van der Waals surface area contributed by atoms with E-state index in [2.05, 4.69) is 0 Å². The Hall–Kier alpha value is -1.53. The molecule has 0 bridgehead atoms. The van der Waals surface area contributed by atoms with Crippen molar-refractivity contribution in [1.82, 2.24) is 9.80 Å². The highest BCUT2D eigenvalue weighted by molar-refractivity contribution is 7.98. The highest BCUT2D eigenvalue weighted by Gasteiger charge is 2.62. The van der Waals surface area contributed by atoms with Crippen molar-refractivity contribution in [2.45, 2.75) is 51.9 Å². The topological polar surface area (TPSA) is 60.9 Å². The van der Waals surface area contributed by atoms with Gasteiger partial charge >= 0.3 is 0 Å². The van der Waals surface area contributed by atoms with Gasteiger partial charge < -0.3 is 14.9 Å². The van der Waals surface area contributed by atoms with Gasteiger partial charge in [0, 0.05) is 18.0 Å². The van der Waals surface area contributed by atoms with Gasteiger partial charge in [0.2, 0.25) is 0 Å². The molecule has 1 saturated heterocycles. The molecule has 5 nitrogen and oxygen atoms in total. The molecular formula is C20H30N2O3S. The third-order valence-electron chi connectivity index (χ3n) is 5.12. The van der Waals surface area contributed by atoms with Gasteiger partial charge in [-0.2, -0.15) is 11.8 Å². The smallest absolute Gasteiger partial charge is 0.256 e. The molecule has 0 spiro atoms. The second kappa shape index (κ2) is 7.61. The molecule has 0 aromatic heterocycles. The number of amides is 2. The number of hydrogen-bond acceptors (Lipinski definition) is 4. The maximum atomic E-state index is 13.5. The summed E-state index contributed by atoms with van der Waals surface area (Å²) in [5.41, 5.74) is -1.08. The number of aliphatic hydroxyl groups excluding tert-OH is 1. The number of carbonyl (C=O) groups excluding carboxylic acids is 2. The minimum Gasteiger partial charge on any atom is -0.390 e. The number of nitrogens with zero attached hydrogens (tertiary/aromatic N) is 2. The third-order valence-corrected chi connectivity index (χ3v) is 5.74. The second-order valence-corrected chi connectivity index (χ2v) is 9.03. The molecule has 0 aliphatic carbocycles. The van der Waals surface area contributed by atoms with Crippen molar-refractivity contribution in [3.63, 3.8) is 0 Å². The van der Waals surface area contributed by atoms with Crippen LogP contribution in [0.15, 0.2) is 30.3 Å². The van der Waals surface area contributed by atoms with Crippen molar-refractivity contribution in [1.29, 1.82) is 0 Å². The first-order valence-electron chi connectivity index (χ1n) is 8.92. The molecular weight excluding hydrogens is 348 g/mol. The number of aliphatic hydroxyl groups is 1. The van der Waals surface area contributed by atoms with Crippen LogP contribution in [-0.2, 0) is 4.79 Å². The van der Waals surface area contributed by atoms with E-state index in [1.54, 1.807) is 47.7 Å². The van der Waals surface area contributed by atoms with Crippen LogP contribution in [0.5, 0.6) is 0 Å². The summed E-state index contributed by atoms with van der Waals surface area (Å²) in [4.78, 5) is 30.1. The fourth-order valence-corrected chi connectivity index (χ4v) is 4.48. The molecule has 0 saturated carbocycles. The molecule has 1 heterocycles. The predicted octanol–water partition coefficient (Wildman–Crippen LogP) is 2.85. The van der Waals surface area contributed by atoms with E-state index in [4.69, 9.17) is 0 Å². The maximum Gasteiger partial charge on any atom is 0.256 e. The van der Waals surface area contributed by atoms with Gasteiger partial charge in [0.1, 0.15) is 6.17 Å². The Bertz CT molecular complexity index is 657. The Morgan fingerprint density at radius 2 is 1.88 bits per heavy atom. The first kappa shape index (κ1) is 20.8. The summed E-state index contributed by atoms with van der Waals surface area (Å²) in [6, 6.07) is 8.99. The molecule has 1 aromatic rings. The van der Waals surface area contributed by atoms with Crippen LogP contribution in [0.4, 0.5) is 0 Å². The van der Waals surface area contributed by atoms with Crippen molar-refractivity contribution in [2.75, 3.05) is 19.1 Å². The SMILES string of the molecule is CSCC[C@]1(C(C)O)C(=O)N(C)[C@H](C(C)(C)C)N1C(=O)c1ccccc1. The Morgan fingerprint density at radius 3 is 2.35 bits per heavy atom. The van der Waals surface area contributed by atoms with E-state index in [0.717, 1.165) is 0 Å². The van der Waals surface area contributed by atoms with Crippen molar-refractivity contribution in [3.8, 4) is 0 Å². The highest BCUT2D eigenvalue weighted by Crippen LogP contribution is 2.44. The Morgan fingerprint density at radius 1 is 1.31 bits per heavy atom. The molecule has 26 heavy (non-hydrogen) atoms. The summed E-state index contributed by atoms with van der Waals surface area (Å²) in [5, 5.41) is 10.7. The van der Waals surface area contributed by atoms with Crippen molar-refractivity contribution in [2.24, 2.45) is 5.41 Å². The van der Waals surface area contributed by atoms with Crippen LogP contribution in [0, 0.1) is 5.41 Å². The molecule has 1 N–H and O–H groups in total. The van der Waals surface area contributed by atoms with Gasteiger partial charge in [-0.15, -0.1) is 0 Å². The highest BCUT2D eigenvalue weighted by atomic mass is 32.2. The van der Waals surface area contributed by atoms with Crippen molar-refractivity contribution in [3.05, 3.63) is 35.9 Å². The number of rotatable bonds is 5. The van der Waals surface area contributed by atoms with Gasteiger partial charge in [-0.3, -0.25) is 9.59 Å². The van der Waals surface area contributed by atoms with Crippen LogP contribution >= 0.6 is 11.8 Å². The quantitative estimate of drug-likeness (QED) is 0.856. The molecule has 6 heteroatoms. The first-order valence-corrected chi connectivity index (χ1v) is 10.3. The number of hydrogen-bond donors (Lipinski definition) is 1. The van der Waals surface area contributed by atoms with Crippen LogP contribution in [0.2, 0.25) is 0 Å². The fourth-order valence-electron chi connectivity index (χ4n) is 3.97. The summed E-state index contributed by atoms with van der Waals surface area (Å²) < 4.78 is 0. The van der Waals surface area contributed by atoms with Gasteiger partial charge in [0.15, 0.2) is 5.54 Å². The van der Waals surface area contributed by atoms with Gasteiger partial charge in [-0.25, -0.2) is 0 Å². The molecule has 0 radical (unpaired) electrons. The Kier molecular flexibility index (Phi) is 6.08. The van der Waals surface area contributed by atoms with E-state index in [1.807, 2.05) is 45.2 Å². The van der Waals surface area contributed by atoms with Gasteiger partial charge in [0.05, 0.1) is 6.10 Å². The van der Waals surface area contributed by atoms with E-state index in [9.17, 15) is 14.7 Å². The lowest BCUT2D eigenvalue weighted by Gasteiger charge is -2.44. The lowest BCUT2D eigenvalue weighted by molar-refractivity contribution is -0.137. The standard InChI is InChI=1S/C20H30N2O3S/c1-14(23)20(12-13-26-6)18(25)21(5)17(19(2,3)4)22(20)16(24)15-10-8-7-9-11-15/h7-11,14,17,23H,12-13H2,1-6H3/t14?,17-,20-/m0/s1. The van der Waals surface area contributed by atoms with E-state index in [0.29, 0.717) is 17.7 Å². The molecule has 1 aliphatic heterocycles. The Balaban J connectivity index is 2.66. The summed E-state index contributed by atoms with van der Waals surface area (Å²) in [5.74, 6) is 0.274. The fraction of sp³-hybridized carbons (Fsp3) is 0.600. The van der Waals surface area contributed by atoms with E-state index >= 15 is 0 Å². The van der Waals surface area contributed by atoms with E-state index in [-0.39, 0.29) is 17.2 Å². The lowest BCUT2D eigenvalue weighted by atomic mass is 9.85. The summed E-state index contributed by atoms with van der Waals surface area (Å²) in [6.45, 7) is 7.65. The molecule has 3 atom stereocenters. The normalized spacial score (nSPS) is 24.9. The zero-order valence-electron chi connectivity index (χ0n) is 16.5. The number of thioether (sulfide) groups is 1. The second-order valence-electron chi connectivity index (χ2n) is 8.04. The monoisotopic (exact) mass is 378 g/mol. The average Bonchev–Trinajstić information content (AvgIpc) is 2.82. The van der Waals surface area contributed by atoms with Gasteiger partial charge in [-0.05, 0) is 37.5 Å². The van der Waals surface area contributed by atoms with Crippen LogP contribution < -0.4 is 0 Å². The third kappa shape index (κ3) is 3.37. The molecule has 1 aromatic carbocycles. The molecule has 2 rings (SSSR count). The minimum atomic E-state index is -1.25. The molecule has 1 fully saturated rings. The lowest BCUT2D eigenvalue weighted by Crippen LogP contribution is -2.61. The van der Waals surface area contributed by atoms with Crippen LogP contribution in [0.25, 0.3) is 0 Å². The van der Waals surface area contributed by atoms with Crippen LogP contribution in [0.1, 0.15) is 44.5 Å². The Labute approximate surface area is 160 Å². The average molecular weight is 379 g/mol. The summed E-state index contributed by atoms with van der Waals surface area (Å²) >= 11 is 1.61. The van der Waals surface area contributed by atoms with Crippen LogP contribution in [0.3, 0.4) is 0 Å². The molecule has 1 aliphatic rings. The zero-order chi connectivity index (χ0) is 19.7. The minimum absolute atomic E-state index is 0.189. The largest absolute Gasteiger partial charge is 0.390 e. The van der Waals surface area contributed by atoms with Gasteiger partial charge in [-0.1, -0.05) is 39.0 Å². The van der Waals surface area contributed by atoms with E-state index in [1.165, 1.54) is 0 Å². The zero-order valence-corrected chi connectivity index (χ0v) is 17.3. The van der Waals surface area contributed by atoms with Gasteiger partial charge in [0.25, 0.3) is 11.8 Å². The number of likely N-dealkylation sites (N-methyl/N-ethyl adjacent to an activating group) is 1.